The van der Waals surface area contributed by atoms with Gasteiger partial charge in [-0.2, -0.15) is 0 Å². The number of nitrogens with one attached hydrogen (secondary N) is 1. The maximum absolute atomic E-state index is 11.9. The van der Waals surface area contributed by atoms with E-state index in [1.807, 2.05) is 0 Å². The van der Waals surface area contributed by atoms with E-state index in [2.05, 4.69) is 10.1 Å². The molecule has 0 spiro atoms. The molecule has 0 aliphatic carbocycles. The van der Waals surface area contributed by atoms with E-state index in [-0.39, 0.29) is 12.1 Å². The molecule has 0 saturated heterocycles. The van der Waals surface area contributed by atoms with Crippen LogP contribution in [0.25, 0.3) is 0 Å². The van der Waals surface area contributed by atoms with Gasteiger partial charge in [0, 0.05) is 12.1 Å². The number of carbonyl (C=O) groups is 1. The zero-order valence-corrected chi connectivity index (χ0v) is 10.8. The highest BCUT2D eigenvalue weighted by atomic mass is 32.2. The third-order valence-electron chi connectivity index (χ3n) is 2.02. The van der Waals surface area contributed by atoms with Gasteiger partial charge in [0.15, 0.2) is 0 Å². The van der Waals surface area contributed by atoms with Crippen molar-refractivity contribution in [2.75, 3.05) is 12.3 Å². The van der Waals surface area contributed by atoms with Crippen LogP contribution in [-0.4, -0.2) is 33.0 Å². The summed E-state index contributed by atoms with van der Waals surface area (Å²) in [4.78, 5) is 11.5. The molecule has 0 aromatic heterocycles. The zero-order valence-electron chi connectivity index (χ0n) is 9.98. The largest absolute Gasteiger partial charge is 0.573 e. The molecule has 20 heavy (non-hydrogen) atoms. The van der Waals surface area contributed by atoms with Gasteiger partial charge in [-0.05, 0) is 24.3 Å². The van der Waals surface area contributed by atoms with Crippen molar-refractivity contribution in [2.45, 2.75) is 6.36 Å². The molecule has 0 aliphatic heterocycles. The number of amides is 1. The van der Waals surface area contributed by atoms with E-state index in [0.29, 0.717) is 0 Å². The molecule has 0 atom stereocenters. The van der Waals surface area contributed by atoms with Crippen LogP contribution < -0.4 is 15.2 Å². The summed E-state index contributed by atoms with van der Waals surface area (Å²) < 4.78 is 60.6. The third kappa shape index (κ3) is 6.38. The number of halogens is 3. The molecule has 10 heteroatoms. The van der Waals surface area contributed by atoms with Crippen molar-refractivity contribution < 1.29 is 31.1 Å². The summed E-state index contributed by atoms with van der Waals surface area (Å²) in [6.45, 7) is -0.196. The predicted molar refractivity (Wildman–Crippen MR) is 63.4 cm³/mol. The Morgan fingerprint density at radius 2 is 1.80 bits per heavy atom. The number of carbonyl (C=O) groups excluding carboxylic acids is 1. The summed E-state index contributed by atoms with van der Waals surface area (Å²) in [6.07, 6.45) is -4.81. The lowest BCUT2D eigenvalue weighted by molar-refractivity contribution is -0.274. The van der Waals surface area contributed by atoms with Gasteiger partial charge in [0.2, 0.25) is 10.0 Å². The number of hydrogen-bond donors (Lipinski definition) is 2. The molecular weight excluding hydrogens is 301 g/mol. The van der Waals surface area contributed by atoms with E-state index < -0.39 is 33.8 Å². The van der Waals surface area contributed by atoms with Gasteiger partial charge in [0.25, 0.3) is 5.91 Å². The topological polar surface area (TPSA) is 98.5 Å². The molecule has 0 fully saturated rings. The van der Waals surface area contributed by atoms with Crippen molar-refractivity contribution in [3.8, 4) is 5.75 Å². The monoisotopic (exact) mass is 312 g/mol. The molecule has 112 valence electrons. The first-order valence-corrected chi connectivity index (χ1v) is 6.93. The Morgan fingerprint density at radius 3 is 2.25 bits per heavy atom. The van der Waals surface area contributed by atoms with Crippen LogP contribution in [0.1, 0.15) is 10.4 Å². The average Bonchev–Trinajstić information content (AvgIpc) is 2.25. The van der Waals surface area contributed by atoms with Crippen LogP contribution in [0.4, 0.5) is 13.2 Å². The SMILES string of the molecule is NS(=O)(=O)CCNC(=O)c1ccc(OC(F)(F)F)cc1. The maximum Gasteiger partial charge on any atom is 0.573 e. The second-order valence-corrected chi connectivity index (χ2v) is 5.43. The van der Waals surface area contributed by atoms with E-state index in [4.69, 9.17) is 5.14 Å². The van der Waals surface area contributed by atoms with Crippen molar-refractivity contribution >= 4 is 15.9 Å². The fourth-order valence-corrected chi connectivity index (χ4v) is 1.60. The summed E-state index contributed by atoms with van der Waals surface area (Å²) >= 11 is 0. The highest BCUT2D eigenvalue weighted by molar-refractivity contribution is 7.89. The van der Waals surface area contributed by atoms with Gasteiger partial charge in [-0.1, -0.05) is 0 Å². The first-order chi connectivity index (χ1) is 9.07. The Hall–Kier alpha value is -1.81. The van der Waals surface area contributed by atoms with E-state index in [1.54, 1.807) is 0 Å². The van der Waals surface area contributed by atoms with Gasteiger partial charge in [0.1, 0.15) is 5.75 Å². The average molecular weight is 312 g/mol. The second-order valence-electron chi connectivity index (χ2n) is 3.70. The Labute approximate surface area is 112 Å². The van der Waals surface area contributed by atoms with Gasteiger partial charge in [-0.3, -0.25) is 4.79 Å². The molecule has 0 saturated carbocycles. The maximum atomic E-state index is 11.9. The number of benzene rings is 1. The number of sulfonamides is 1. The molecule has 1 aromatic carbocycles. The molecule has 0 radical (unpaired) electrons. The predicted octanol–water partition coefficient (Wildman–Crippen LogP) is 0.604. The van der Waals surface area contributed by atoms with Crippen LogP contribution in [0.2, 0.25) is 0 Å². The van der Waals surface area contributed by atoms with Crippen molar-refractivity contribution in [1.82, 2.24) is 5.32 Å². The summed E-state index contributed by atoms with van der Waals surface area (Å²) in [6, 6.07) is 4.19. The van der Waals surface area contributed by atoms with E-state index in [9.17, 15) is 26.4 Å². The van der Waals surface area contributed by atoms with Crippen molar-refractivity contribution in [3.63, 3.8) is 0 Å². The number of primary sulfonamides is 1. The van der Waals surface area contributed by atoms with Gasteiger partial charge >= 0.3 is 6.36 Å². The van der Waals surface area contributed by atoms with Crippen LogP contribution >= 0.6 is 0 Å². The van der Waals surface area contributed by atoms with Crippen molar-refractivity contribution in [3.05, 3.63) is 29.8 Å². The highest BCUT2D eigenvalue weighted by Crippen LogP contribution is 2.22. The number of nitrogens with two attached hydrogens (primary N) is 1. The first-order valence-electron chi connectivity index (χ1n) is 5.21. The zero-order chi connectivity index (χ0) is 15.4. The van der Waals surface area contributed by atoms with Gasteiger partial charge < -0.3 is 10.1 Å². The normalized spacial score (nSPS) is 12.0. The molecule has 3 N–H and O–H groups in total. The van der Waals surface area contributed by atoms with Crippen molar-refractivity contribution in [2.24, 2.45) is 5.14 Å². The molecule has 6 nitrogen and oxygen atoms in total. The summed E-state index contributed by atoms with van der Waals surface area (Å²) in [5.74, 6) is -1.53. The first kappa shape index (κ1) is 16.2. The lowest BCUT2D eigenvalue weighted by Crippen LogP contribution is -2.31. The standard InChI is InChI=1S/C10H11F3N2O4S/c11-10(12,13)19-8-3-1-7(2-4-8)9(16)15-5-6-20(14,17)18/h1-4H,5-6H2,(H,15,16)(H2,14,17,18). The molecule has 1 rings (SSSR count). The highest BCUT2D eigenvalue weighted by Gasteiger charge is 2.31. The van der Waals surface area contributed by atoms with E-state index >= 15 is 0 Å². The minimum absolute atomic E-state index is 0.0638. The Bertz CT molecular complexity index is 569. The second kappa shape index (κ2) is 6.09. The third-order valence-corrected chi connectivity index (χ3v) is 2.80. The molecule has 1 amide bonds. The number of hydrogen-bond acceptors (Lipinski definition) is 4. The molecule has 0 bridgehead atoms. The van der Waals surface area contributed by atoms with Crippen LogP contribution in [-0.2, 0) is 10.0 Å². The smallest absolute Gasteiger partial charge is 0.406 e. The van der Waals surface area contributed by atoms with Gasteiger partial charge in [-0.15, -0.1) is 13.2 Å². The Morgan fingerprint density at radius 1 is 1.25 bits per heavy atom. The lowest BCUT2D eigenvalue weighted by Gasteiger charge is -2.09. The number of ether oxygens (including phenoxy) is 1. The van der Waals surface area contributed by atoms with Gasteiger partial charge in [0.05, 0.1) is 5.75 Å². The molecule has 0 unspecified atom stereocenters. The fraction of sp³-hybridized carbons (Fsp3) is 0.300. The van der Waals surface area contributed by atoms with E-state index in [0.717, 1.165) is 24.3 Å². The minimum Gasteiger partial charge on any atom is -0.406 e. The van der Waals surface area contributed by atoms with Crippen LogP contribution in [0.15, 0.2) is 24.3 Å². The van der Waals surface area contributed by atoms with Crippen LogP contribution in [0.5, 0.6) is 5.75 Å². The summed E-state index contributed by atoms with van der Waals surface area (Å²) in [5.41, 5.74) is 0.0638. The van der Waals surface area contributed by atoms with E-state index in [1.165, 1.54) is 0 Å². The number of alkyl halides is 3. The van der Waals surface area contributed by atoms with Crippen LogP contribution in [0.3, 0.4) is 0 Å². The minimum atomic E-state index is -4.81. The fourth-order valence-electron chi connectivity index (χ4n) is 1.22. The molecular formula is C10H11F3N2O4S. The Kier molecular flexibility index (Phi) is 4.95. The van der Waals surface area contributed by atoms with Gasteiger partial charge in [-0.25, -0.2) is 13.6 Å². The Balaban J connectivity index is 2.58. The molecule has 1 aromatic rings. The lowest BCUT2D eigenvalue weighted by atomic mass is 10.2. The molecule has 0 heterocycles. The summed E-state index contributed by atoms with van der Waals surface area (Å²) in [5, 5.41) is 7.00. The van der Waals surface area contributed by atoms with Crippen molar-refractivity contribution in [1.29, 1.82) is 0 Å². The molecule has 0 aliphatic rings. The quantitative estimate of drug-likeness (QED) is 0.832. The summed E-state index contributed by atoms with van der Waals surface area (Å²) in [7, 11) is -3.69. The number of rotatable bonds is 5. The van der Waals surface area contributed by atoms with Crippen LogP contribution in [0, 0.1) is 0 Å².